The highest BCUT2D eigenvalue weighted by atomic mass is 19.4. The lowest BCUT2D eigenvalue weighted by molar-refractivity contribution is -0.127. The van der Waals surface area contributed by atoms with Crippen LogP contribution in [0.1, 0.15) is 5.69 Å². The van der Waals surface area contributed by atoms with E-state index in [-0.39, 0.29) is 5.69 Å². The molecule has 0 N–H and O–H groups in total. The van der Waals surface area contributed by atoms with Gasteiger partial charge >= 0.3 is 6.18 Å². The van der Waals surface area contributed by atoms with Crippen molar-refractivity contribution in [2.24, 2.45) is 0 Å². The molecule has 0 radical (unpaired) electrons. The lowest BCUT2D eigenvalue weighted by atomic mass is 10.0. The quantitative estimate of drug-likeness (QED) is 0.491. The number of rotatable bonds is 2. The fraction of sp³-hybridized carbons (Fsp3) is 0.105. The molecule has 0 aliphatic rings. The fourth-order valence-electron chi connectivity index (χ4n) is 3.05. The molecule has 0 aliphatic carbocycles. The zero-order valence-corrected chi connectivity index (χ0v) is 12.6. The molecule has 4 aromatic rings. The van der Waals surface area contributed by atoms with Gasteiger partial charge in [-0.25, -0.2) is 4.98 Å². The lowest BCUT2D eigenvalue weighted by Crippen LogP contribution is -2.14. The van der Waals surface area contributed by atoms with Gasteiger partial charge in [0.05, 0.1) is 17.8 Å². The van der Waals surface area contributed by atoms with Crippen LogP contribution in [0.15, 0.2) is 66.9 Å². The number of fused-ring (bicyclic) bond motifs is 2. The lowest BCUT2D eigenvalue weighted by Gasteiger charge is -2.10. The van der Waals surface area contributed by atoms with Crippen molar-refractivity contribution in [3.63, 3.8) is 0 Å². The van der Waals surface area contributed by atoms with E-state index in [4.69, 9.17) is 0 Å². The molecule has 0 unspecified atom stereocenters. The van der Waals surface area contributed by atoms with Gasteiger partial charge in [-0.15, -0.1) is 0 Å². The fourth-order valence-corrected chi connectivity index (χ4v) is 3.05. The Morgan fingerprint density at radius 1 is 0.875 bits per heavy atom. The van der Waals surface area contributed by atoms with Crippen LogP contribution in [0.5, 0.6) is 0 Å². The maximum Gasteiger partial charge on any atom is 0.394 e. The molecule has 120 valence electrons. The number of halogens is 3. The smallest absolute Gasteiger partial charge is 0.303 e. The second kappa shape index (κ2) is 5.37. The van der Waals surface area contributed by atoms with Crippen LogP contribution in [0.4, 0.5) is 13.2 Å². The third-order valence-corrected chi connectivity index (χ3v) is 4.04. The van der Waals surface area contributed by atoms with Crippen LogP contribution < -0.4 is 0 Å². The number of benzene rings is 2. The van der Waals surface area contributed by atoms with E-state index in [0.717, 1.165) is 16.3 Å². The minimum absolute atomic E-state index is 0.162. The molecule has 2 heterocycles. The second-order valence-corrected chi connectivity index (χ2v) is 5.65. The number of hydrogen-bond donors (Lipinski definition) is 0. The number of pyridine rings is 1. The van der Waals surface area contributed by atoms with E-state index in [1.54, 1.807) is 24.4 Å². The molecule has 0 fully saturated rings. The summed E-state index contributed by atoms with van der Waals surface area (Å²) >= 11 is 0. The van der Waals surface area contributed by atoms with Gasteiger partial charge in [-0.3, -0.25) is 0 Å². The van der Waals surface area contributed by atoms with Crippen molar-refractivity contribution in [1.29, 1.82) is 0 Å². The molecule has 0 atom stereocenters. The summed E-state index contributed by atoms with van der Waals surface area (Å²) in [4.78, 5) is 4.48. The van der Waals surface area contributed by atoms with E-state index >= 15 is 0 Å². The van der Waals surface area contributed by atoms with E-state index in [0.29, 0.717) is 11.3 Å². The van der Waals surface area contributed by atoms with Crippen molar-refractivity contribution in [2.75, 3.05) is 0 Å². The van der Waals surface area contributed by atoms with Crippen LogP contribution in [0.3, 0.4) is 0 Å². The van der Waals surface area contributed by atoms with Gasteiger partial charge in [-0.2, -0.15) is 13.2 Å². The number of alkyl halides is 3. The SMILES string of the molecule is FC(F)(F)Cc1c(-c2cccc3ccccc23)nc2ccccn12. The summed E-state index contributed by atoms with van der Waals surface area (Å²) in [6.45, 7) is 0. The Bertz CT molecular complexity index is 1030. The first-order valence-corrected chi connectivity index (χ1v) is 7.54. The highest BCUT2D eigenvalue weighted by Gasteiger charge is 2.32. The highest BCUT2D eigenvalue weighted by Crippen LogP contribution is 2.34. The van der Waals surface area contributed by atoms with Gasteiger partial charge in [0.25, 0.3) is 0 Å². The van der Waals surface area contributed by atoms with Gasteiger partial charge in [-0.05, 0) is 22.9 Å². The molecule has 4 rings (SSSR count). The Kier molecular flexibility index (Phi) is 3.30. The topological polar surface area (TPSA) is 17.3 Å². The van der Waals surface area contributed by atoms with Crippen LogP contribution in [-0.2, 0) is 6.42 Å². The summed E-state index contributed by atoms with van der Waals surface area (Å²) in [5.74, 6) is 0. The molecule has 2 aromatic carbocycles. The molecule has 5 heteroatoms. The third kappa shape index (κ3) is 2.52. The summed E-state index contributed by atoms with van der Waals surface area (Å²) in [6.07, 6.45) is -3.69. The van der Waals surface area contributed by atoms with Crippen LogP contribution in [-0.4, -0.2) is 15.6 Å². The Balaban J connectivity index is 2.03. The molecule has 24 heavy (non-hydrogen) atoms. The number of hydrogen-bond acceptors (Lipinski definition) is 1. The zero-order chi connectivity index (χ0) is 16.7. The summed E-state index contributed by atoms with van der Waals surface area (Å²) < 4.78 is 40.9. The van der Waals surface area contributed by atoms with Gasteiger partial charge in [0.15, 0.2) is 0 Å². The number of aromatic nitrogens is 2. The van der Waals surface area contributed by atoms with Crippen molar-refractivity contribution in [3.05, 3.63) is 72.6 Å². The Morgan fingerprint density at radius 3 is 2.46 bits per heavy atom. The van der Waals surface area contributed by atoms with Crippen molar-refractivity contribution in [3.8, 4) is 11.3 Å². The predicted molar refractivity (Wildman–Crippen MR) is 87.9 cm³/mol. The monoisotopic (exact) mass is 326 g/mol. The molecule has 0 bridgehead atoms. The summed E-state index contributed by atoms with van der Waals surface area (Å²) in [6, 6.07) is 18.4. The van der Waals surface area contributed by atoms with Crippen LogP contribution in [0.2, 0.25) is 0 Å². The van der Waals surface area contributed by atoms with Crippen LogP contribution >= 0.6 is 0 Å². The van der Waals surface area contributed by atoms with Gasteiger partial charge in [-0.1, -0.05) is 48.5 Å². The van der Waals surface area contributed by atoms with Gasteiger partial charge in [0, 0.05) is 11.8 Å². The number of imidazole rings is 1. The zero-order valence-electron chi connectivity index (χ0n) is 12.6. The van der Waals surface area contributed by atoms with Crippen molar-refractivity contribution >= 4 is 16.4 Å². The second-order valence-electron chi connectivity index (χ2n) is 5.65. The molecule has 2 nitrogen and oxygen atoms in total. The molecule has 2 aromatic heterocycles. The average molecular weight is 326 g/mol. The minimum atomic E-state index is -4.30. The molecular weight excluding hydrogens is 313 g/mol. The number of nitrogens with zero attached hydrogens (tertiary/aromatic N) is 2. The first-order valence-electron chi connectivity index (χ1n) is 7.54. The molecule has 0 saturated carbocycles. The minimum Gasteiger partial charge on any atom is -0.303 e. The summed E-state index contributed by atoms with van der Waals surface area (Å²) in [5, 5.41) is 1.87. The van der Waals surface area contributed by atoms with E-state index in [1.165, 1.54) is 4.40 Å². The van der Waals surface area contributed by atoms with Gasteiger partial charge < -0.3 is 4.40 Å². The predicted octanol–water partition coefficient (Wildman–Crippen LogP) is 5.26. The van der Waals surface area contributed by atoms with Crippen molar-refractivity contribution < 1.29 is 13.2 Å². The van der Waals surface area contributed by atoms with E-state index in [2.05, 4.69) is 4.98 Å². The molecule has 0 aliphatic heterocycles. The van der Waals surface area contributed by atoms with E-state index in [9.17, 15) is 13.2 Å². The largest absolute Gasteiger partial charge is 0.394 e. The van der Waals surface area contributed by atoms with Crippen LogP contribution in [0.25, 0.3) is 27.7 Å². The van der Waals surface area contributed by atoms with Gasteiger partial charge in [0.1, 0.15) is 5.65 Å². The first-order chi connectivity index (χ1) is 11.5. The normalized spacial score (nSPS) is 12.1. The molecule has 0 saturated heterocycles. The van der Waals surface area contributed by atoms with Crippen molar-refractivity contribution in [2.45, 2.75) is 12.6 Å². The van der Waals surface area contributed by atoms with E-state index in [1.807, 2.05) is 42.5 Å². The summed E-state index contributed by atoms with van der Waals surface area (Å²) in [7, 11) is 0. The van der Waals surface area contributed by atoms with Crippen LogP contribution in [0, 0.1) is 0 Å². The maximum atomic E-state index is 13.1. The Labute approximate surface area is 136 Å². The third-order valence-electron chi connectivity index (χ3n) is 4.04. The average Bonchev–Trinajstić information content (AvgIpc) is 2.91. The standard InChI is InChI=1S/C19H13F3N2/c20-19(21,22)12-16-18(23-17-10-3-4-11-24(16)17)15-9-5-7-13-6-1-2-8-14(13)15/h1-11H,12H2. The molecule has 0 spiro atoms. The molecule has 0 amide bonds. The van der Waals surface area contributed by atoms with Crippen molar-refractivity contribution in [1.82, 2.24) is 9.38 Å². The Morgan fingerprint density at radius 2 is 1.62 bits per heavy atom. The summed E-state index contributed by atoms with van der Waals surface area (Å²) in [5.41, 5.74) is 1.78. The van der Waals surface area contributed by atoms with E-state index < -0.39 is 12.6 Å². The highest BCUT2D eigenvalue weighted by molar-refractivity contribution is 5.96. The Hall–Kier alpha value is -2.82. The maximum absolute atomic E-state index is 13.1. The van der Waals surface area contributed by atoms with Gasteiger partial charge in [0.2, 0.25) is 0 Å². The first kappa shape index (κ1) is 14.8. The molecular formula is C19H13F3N2.